The molecule has 0 fully saturated rings. The molecule has 1 heterocycles. The van der Waals surface area contributed by atoms with Crippen molar-refractivity contribution in [3.63, 3.8) is 0 Å². The molecule has 2 rings (SSSR count). The topological polar surface area (TPSA) is 42.0 Å². The summed E-state index contributed by atoms with van der Waals surface area (Å²) in [4.78, 5) is 15.7. The summed E-state index contributed by atoms with van der Waals surface area (Å²) in [5.74, 6) is -0.876. The van der Waals surface area contributed by atoms with E-state index in [1.165, 1.54) is 24.3 Å². The predicted octanol–water partition coefficient (Wildman–Crippen LogP) is 4.66. The molecule has 1 amide bonds. The first kappa shape index (κ1) is 15.6. The Bertz CT molecular complexity index is 689. The summed E-state index contributed by atoms with van der Waals surface area (Å²) < 4.78 is 38.5. The van der Waals surface area contributed by atoms with Crippen LogP contribution in [0.2, 0.25) is 10.2 Å². The molecule has 1 aromatic carbocycles. The number of nitrogens with one attached hydrogen (secondary N) is 1. The van der Waals surface area contributed by atoms with Crippen molar-refractivity contribution in [1.29, 1.82) is 0 Å². The van der Waals surface area contributed by atoms with Crippen molar-refractivity contribution in [1.82, 2.24) is 4.98 Å². The first-order valence-corrected chi connectivity index (χ1v) is 6.34. The SMILES string of the molecule is O=C(Nc1ccccc1C(F)(F)F)c1nc(Cl)ccc1Cl. The number of carbonyl (C=O) groups excluding carboxylic acids is 1. The van der Waals surface area contributed by atoms with Crippen molar-refractivity contribution in [2.75, 3.05) is 5.32 Å². The molecular weight excluding hydrogens is 328 g/mol. The lowest BCUT2D eigenvalue weighted by Crippen LogP contribution is -2.18. The van der Waals surface area contributed by atoms with Gasteiger partial charge in [-0.2, -0.15) is 13.2 Å². The van der Waals surface area contributed by atoms with Crippen LogP contribution in [-0.2, 0) is 6.18 Å². The van der Waals surface area contributed by atoms with Gasteiger partial charge in [-0.25, -0.2) is 4.98 Å². The van der Waals surface area contributed by atoms with E-state index < -0.39 is 17.6 Å². The van der Waals surface area contributed by atoms with Crippen LogP contribution in [0.5, 0.6) is 0 Å². The van der Waals surface area contributed by atoms with Crippen LogP contribution in [0, 0.1) is 0 Å². The number of para-hydroxylation sites is 1. The monoisotopic (exact) mass is 334 g/mol. The molecule has 0 radical (unpaired) electrons. The minimum Gasteiger partial charge on any atom is -0.320 e. The summed E-state index contributed by atoms with van der Waals surface area (Å²) in [6.07, 6.45) is -4.59. The molecule has 0 aliphatic rings. The summed E-state index contributed by atoms with van der Waals surface area (Å²) >= 11 is 11.4. The number of rotatable bonds is 2. The Morgan fingerprint density at radius 3 is 2.43 bits per heavy atom. The van der Waals surface area contributed by atoms with Gasteiger partial charge in [0, 0.05) is 0 Å². The molecule has 21 heavy (non-hydrogen) atoms. The second-order valence-electron chi connectivity index (χ2n) is 3.96. The van der Waals surface area contributed by atoms with E-state index in [2.05, 4.69) is 10.3 Å². The van der Waals surface area contributed by atoms with Gasteiger partial charge in [-0.1, -0.05) is 35.3 Å². The number of amides is 1. The number of carbonyl (C=O) groups is 1. The Morgan fingerprint density at radius 1 is 1.10 bits per heavy atom. The van der Waals surface area contributed by atoms with Gasteiger partial charge < -0.3 is 5.32 Å². The van der Waals surface area contributed by atoms with Crippen LogP contribution in [0.4, 0.5) is 18.9 Å². The molecule has 0 unspecified atom stereocenters. The van der Waals surface area contributed by atoms with Gasteiger partial charge in [0.15, 0.2) is 0 Å². The lowest BCUT2D eigenvalue weighted by atomic mass is 10.1. The van der Waals surface area contributed by atoms with Gasteiger partial charge in [0.25, 0.3) is 5.91 Å². The number of hydrogen-bond acceptors (Lipinski definition) is 2. The van der Waals surface area contributed by atoms with E-state index in [4.69, 9.17) is 23.2 Å². The van der Waals surface area contributed by atoms with Crippen molar-refractivity contribution < 1.29 is 18.0 Å². The third kappa shape index (κ3) is 3.65. The Balaban J connectivity index is 2.35. The van der Waals surface area contributed by atoms with Gasteiger partial charge in [0.05, 0.1) is 16.3 Å². The Hall–Kier alpha value is -1.79. The fourth-order valence-electron chi connectivity index (χ4n) is 1.60. The van der Waals surface area contributed by atoms with Gasteiger partial charge in [0.2, 0.25) is 0 Å². The van der Waals surface area contributed by atoms with Gasteiger partial charge in [0.1, 0.15) is 10.8 Å². The van der Waals surface area contributed by atoms with Crippen molar-refractivity contribution in [2.45, 2.75) is 6.18 Å². The highest BCUT2D eigenvalue weighted by molar-refractivity contribution is 6.35. The Kier molecular flexibility index (Phi) is 4.39. The maximum absolute atomic E-state index is 12.8. The molecule has 0 atom stereocenters. The van der Waals surface area contributed by atoms with Crippen LogP contribution < -0.4 is 5.32 Å². The number of alkyl halides is 3. The molecule has 2 aromatic rings. The third-order valence-corrected chi connectivity index (χ3v) is 3.02. The molecule has 1 N–H and O–H groups in total. The number of halogens is 5. The molecule has 8 heteroatoms. The van der Waals surface area contributed by atoms with Crippen LogP contribution in [0.1, 0.15) is 16.1 Å². The number of aromatic nitrogens is 1. The number of pyridine rings is 1. The minimum absolute atomic E-state index is 0.00802. The first-order valence-electron chi connectivity index (χ1n) is 5.58. The molecule has 3 nitrogen and oxygen atoms in total. The van der Waals surface area contributed by atoms with E-state index in [0.29, 0.717) is 0 Å². The summed E-state index contributed by atoms with van der Waals surface area (Å²) in [6, 6.07) is 7.30. The number of hydrogen-bond donors (Lipinski definition) is 1. The highest BCUT2D eigenvalue weighted by Crippen LogP contribution is 2.34. The van der Waals surface area contributed by atoms with Crippen LogP contribution in [0.15, 0.2) is 36.4 Å². The number of benzene rings is 1. The van der Waals surface area contributed by atoms with E-state index in [-0.39, 0.29) is 21.6 Å². The van der Waals surface area contributed by atoms with Crippen molar-refractivity contribution >= 4 is 34.8 Å². The summed E-state index contributed by atoms with van der Waals surface area (Å²) in [7, 11) is 0. The fourth-order valence-corrected chi connectivity index (χ4v) is 1.94. The zero-order chi connectivity index (χ0) is 15.6. The summed E-state index contributed by atoms with van der Waals surface area (Å²) in [6.45, 7) is 0. The average Bonchev–Trinajstić information content (AvgIpc) is 2.41. The van der Waals surface area contributed by atoms with Crippen LogP contribution in [-0.4, -0.2) is 10.9 Å². The average molecular weight is 335 g/mol. The predicted molar refractivity (Wildman–Crippen MR) is 73.7 cm³/mol. The Morgan fingerprint density at radius 2 is 1.76 bits per heavy atom. The smallest absolute Gasteiger partial charge is 0.320 e. The summed E-state index contributed by atoms with van der Waals surface area (Å²) in [5, 5.41) is 2.13. The van der Waals surface area contributed by atoms with Crippen molar-refractivity contribution in [3.05, 3.63) is 57.8 Å². The maximum atomic E-state index is 12.8. The van der Waals surface area contributed by atoms with E-state index in [0.717, 1.165) is 12.1 Å². The van der Waals surface area contributed by atoms with Gasteiger partial charge >= 0.3 is 6.18 Å². The second-order valence-corrected chi connectivity index (χ2v) is 4.76. The highest BCUT2D eigenvalue weighted by atomic mass is 35.5. The zero-order valence-corrected chi connectivity index (χ0v) is 11.7. The maximum Gasteiger partial charge on any atom is 0.418 e. The molecule has 0 saturated heterocycles. The third-order valence-electron chi connectivity index (χ3n) is 2.51. The fraction of sp³-hybridized carbons (Fsp3) is 0.0769. The second kappa shape index (κ2) is 5.91. The summed E-state index contributed by atoms with van der Waals surface area (Å²) in [5.41, 5.74) is -1.59. The molecule has 0 saturated carbocycles. The minimum atomic E-state index is -4.59. The number of anilines is 1. The highest BCUT2D eigenvalue weighted by Gasteiger charge is 2.33. The van der Waals surface area contributed by atoms with E-state index >= 15 is 0 Å². The normalized spacial score (nSPS) is 11.3. The largest absolute Gasteiger partial charge is 0.418 e. The van der Waals surface area contributed by atoms with Crippen LogP contribution in [0.3, 0.4) is 0 Å². The zero-order valence-electron chi connectivity index (χ0n) is 10.2. The van der Waals surface area contributed by atoms with E-state index in [9.17, 15) is 18.0 Å². The lowest BCUT2D eigenvalue weighted by molar-refractivity contribution is -0.136. The molecule has 1 aromatic heterocycles. The van der Waals surface area contributed by atoms with Crippen LogP contribution >= 0.6 is 23.2 Å². The van der Waals surface area contributed by atoms with Gasteiger partial charge in [-0.05, 0) is 24.3 Å². The van der Waals surface area contributed by atoms with Crippen LogP contribution in [0.25, 0.3) is 0 Å². The molecule has 0 aliphatic carbocycles. The molecular formula is C13H7Cl2F3N2O. The molecule has 0 aliphatic heterocycles. The first-order chi connectivity index (χ1) is 9.79. The van der Waals surface area contributed by atoms with Gasteiger partial charge in [-0.15, -0.1) is 0 Å². The molecule has 0 bridgehead atoms. The molecule has 110 valence electrons. The quantitative estimate of drug-likeness (QED) is 0.811. The Labute approximate surface area is 127 Å². The molecule has 0 spiro atoms. The van der Waals surface area contributed by atoms with E-state index in [1.807, 2.05) is 0 Å². The lowest BCUT2D eigenvalue weighted by Gasteiger charge is -2.13. The van der Waals surface area contributed by atoms with Crippen molar-refractivity contribution in [3.8, 4) is 0 Å². The van der Waals surface area contributed by atoms with E-state index in [1.54, 1.807) is 0 Å². The number of nitrogens with zero attached hydrogens (tertiary/aromatic N) is 1. The van der Waals surface area contributed by atoms with Crippen molar-refractivity contribution in [2.24, 2.45) is 0 Å². The standard InChI is InChI=1S/C13H7Cl2F3N2O/c14-8-5-6-10(15)20-11(8)12(21)19-9-4-2-1-3-7(9)13(16,17)18/h1-6H,(H,19,21). The van der Waals surface area contributed by atoms with Gasteiger partial charge in [-0.3, -0.25) is 4.79 Å².